The van der Waals surface area contributed by atoms with Gasteiger partial charge in [0.05, 0.1) is 12.1 Å². The van der Waals surface area contributed by atoms with Crippen molar-refractivity contribution in [1.29, 1.82) is 0 Å². The molecule has 0 aromatic carbocycles. The lowest BCUT2D eigenvalue weighted by Crippen LogP contribution is -2.48. The van der Waals surface area contributed by atoms with Crippen LogP contribution in [0, 0.1) is 0 Å². The van der Waals surface area contributed by atoms with Gasteiger partial charge in [-0.15, -0.1) is 0 Å². The quantitative estimate of drug-likeness (QED) is 0.363. The molecular formula is C9H15N5O3. The van der Waals surface area contributed by atoms with Crippen LogP contribution in [0.1, 0.15) is 6.92 Å². The molecule has 0 saturated carbocycles. The Kier molecular flexibility index (Phi) is 2.90. The van der Waals surface area contributed by atoms with Crippen LogP contribution >= 0.6 is 0 Å². The number of aromatic amines is 1. The van der Waals surface area contributed by atoms with Gasteiger partial charge in [0.15, 0.2) is 5.82 Å². The number of fused-ring (bicyclic) bond motifs is 1. The first-order valence-corrected chi connectivity index (χ1v) is 5.25. The molecule has 3 atom stereocenters. The number of nitrogen functional groups attached to an aromatic ring is 1. The molecule has 0 fully saturated rings. The molecule has 1 aliphatic rings. The topological polar surface area (TPSA) is 136 Å². The molecule has 8 nitrogen and oxygen atoms in total. The summed E-state index contributed by atoms with van der Waals surface area (Å²) in [5.41, 5.74) is 5.20. The summed E-state index contributed by atoms with van der Waals surface area (Å²) < 4.78 is 0. The van der Waals surface area contributed by atoms with Crippen LogP contribution in [0.4, 0.5) is 17.5 Å². The summed E-state index contributed by atoms with van der Waals surface area (Å²) in [5.74, 6) is 0.373. The fraction of sp³-hybridized carbons (Fsp3) is 0.556. The third kappa shape index (κ3) is 2.17. The molecule has 1 aromatic heterocycles. The number of H-pyrrole nitrogens is 1. The van der Waals surface area contributed by atoms with Crippen molar-refractivity contribution in [2.75, 3.05) is 22.9 Å². The van der Waals surface area contributed by atoms with Gasteiger partial charge in [-0.1, -0.05) is 0 Å². The Morgan fingerprint density at radius 1 is 1.53 bits per heavy atom. The number of rotatable bonds is 2. The summed E-state index contributed by atoms with van der Waals surface area (Å²) in [6.45, 7) is 1.82. The lowest BCUT2D eigenvalue weighted by atomic mass is 10.0. The lowest BCUT2D eigenvalue weighted by Gasteiger charge is -2.31. The van der Waals surface area contributed by atoms with E-state index in [9.17, 15) is 15.0 Å². The molecule has 2 rings (SSSR count). The summed E-state index contributed by atoms with van der Waals surface area (Å²) in [4.78, 5) is 17.9. The Hall–Kier alpha value is -1.80. The minimum atomic E-state index is -0.979. The van der Waals surface area contributed by atoms with E-state index in [0.29, 0.717) is 12.4 Å². The van der Waals surface area contributed by atoms with Gasteiger partial charge in [-0.25, -0.2) is 0 Å². The van der Waals surface area contributed by atoms with E-state index in [1.807, 2.05) is 0 Å². The Labute approximate surface area is 96.9 Å². The molecule has 1 aliphatic heterocycles. The van der Waals surface area contributed by atoms with Crippen molar-refractivity contribution >= 4 is 17.5 Å². The van der Waals surface area contributed by atoms with Crippen molar-refractivity contribution < 1.29 is 10.2 Å². The highest BCUT2D eigenvalue weighted by atomic mass is 16.3. The Balaban J connectivity index is 2.27. The molecule has 0 spiro atoms. The first kappa shape index (κ1) is 11.7. The zero-order valence-electron chi connectivity index (χ0n) is 9.27. The predicted octanol–water partition coefficient (Wildman–Crippen LogP) is -1.70. The van der Waals surface area contributed by atoms with Crippen LogP contribution in [0.5, 0.6) is 0 Å². The number of nitrogens with zero attached hydrogens (tertiary/aromatic N) is 1. The fourth-order valence-electron chi connectivity index (χ4n) is 1.74. The number of aliphatic hydroxyl groups excluding tert-OH is 2. The first-order valence-electron chi connectivity index (χ1n) is 5.25. The molecule has 0 bridgehead atoms. The molecule has 1 unspecified atom stereocenters. The SMILES string of the molecule is CC(O)[C@H](O)[C@H]1CNc2nc(N)[nH]c(=O)c2N1. The minimum absolute atomic E-state index is 0.0255. The average Bonchev–Trinajstić information content (AvgIpc) is 2.27. The smallest absolute Gasteiger partial charge is 0.277 e. The van der Waals surface area contributed by atoms with Gasteiger partial charge in [-0.2, -0.15) is 4.98 Å². The molecule has 0 saturated heterocycles. The number of aromatic nitrogens is 2. The number of aliphatic hydroxyl groups is 2. The van der Waals surface area contributed by atoms with E-state index in [4.69, 9.17) is 5.73 Å². The number of nitrogens with two attached hydrogens (primary N) is 1. The van der Waals surface area contributed by atoms with Gasteiger partial charge < -0.3 is 26.6 Å². The summed E-state index contributed by atoms with van der Waals surface area (Å²) in [7, 11) is 0. The monoisotopic (exact) mass is 241 g/mol. The third-order valence-corrected chi connectivity index (χ3v) is 2.66. The second-order valence-corrected chi connectivity index (χ2v) is 4.04. The molecular weight excluding hydrogens is 226 g/mol. The Morgan fingerprint density at radius 2 is 2.24 bits per heavy atom. The van der Waals surface area contributed by atoms with E-state index in [-0.39, 0.29) is 11.6 Å². The zero-order valence-corrected chi connectivity index (χ0v) is 9.27. The first-order chi connectivity index (χ1) is 7.99. The van der Waals surface area contributed by atoms with E-state index >= 15 is 0 Å². The van der Waals surface area contributed by atoms with Gasteiger partial charge >= 0.3 is 0 Å². The summed E-state index contributed by atoms with van der Waals surface area (Å²) >= 11 is 0. The molecule has 8 heteroatoms. The fourth-order valence-corrected chi connectivity index (χ4v) is 1.74. The van der Waals surface area contributed by atoms with Gasteiger partial charge in [-0.05, 0) is 6.92 Å². The van der Waals surface area contributed by atoms with Crippen LogP contribution < -0.4 is 21.9 Å². The van der Waals surface area contributed by atoms with Crippen molar-refractivity contribution in [3.05, 3.63) is 10.4 Å². The highest BCUT2D eigenvalue weighted by Gasteiger charge is 2.29. The van der Waals surface area contributed by atoms with E-state index in [0.717, 1.165) is 0 Å². The second-order valence-electron chi connectivity index (χ2n) is 4.04. The Bertz CT molecular complexity index is 472. The number of anilines is 3. The van der Waals surface area contributed by atoms with Crippen LogP contribution in [-0.2, 0) is 0 Å². The van der Waals surface area contributed by atoms with E-state index < -0.39 is 23.8 Å². The molecule has 1 aromatic rings. The normalized spacial score (nSPS) is 21.9. The third-order valence-electron chi connectivity index (χ3n) is 2.66. The van der Waals surface area contributed by atoms with Crippen LogP contribution in [0.2, 0.25) is 0 Å². The Morgan fingerprint density at radius 3 is 2.88 bits per heavy atom. The molecule has 94 valence electrons. The van der Waals surface area contributed by atoms with Gasteiger partial charge in [0.25, 0.3) is 5.56 Å². The lowest BCUT2D eigenvalue weighted by molar-refractivity contribution is 0.0214. The van der Waals surface area contributed by atoms with Crippen molar-refractivity contribution in [2.45, 2.75) is 25.2 Å². The highest BCUT2D eigenvalue weighted by molar-refractivity contribution is 5.67. The van der Waals surface area contributed by atoms with Crippen LogP contribution in [0.15, 0.2) is 4.79 Å². The van der Waals surface area contributed by atoms with Gasteiger partial charge in [0.2, 0.25) is 5.95 Å². The van der Waals surface area contributed by atoms with Crippen molar-refractivity contribution in [3.8, 4) is 0 Å². The van der Waals surface area contributed by atoms with E-state index in [2.05, 4.69) is 20.6 Å². The summed E-state index contributed by atoms with van der Waals surface area (Å²) in [6, 6.07) is -0.464. The summed E-state index contributed by atoms with van der Waals surface area (Å²) in [5, 5.41) is 24.7. The highest BCUT2D eigenvalue weighted by Crippen LogP contribution is 2.21. The molecule has 0 radical (unpaired) electrons. The van der Waals surface area contributed by atoms with Gasteiger partial charge in [0.1, 0.15) is 11.8 Å². The van der Waals surface area contributed by atoms with Crippen molar-refractivity contribution in [3.63, 3.8) is 0 Å². The number of nitrogens with one attached hydrogen (secondary N) is 3. The van der Waals surface area contributed by atoms with Crippen LogP contribution in [-0.4, -0.2) is 45.0 Å². The second kappa shape index (κ2) is 4.22. The molecule has 2 heterocycles. The van der Waals surface area contributed by atoms with Crippen molar-refractivity contribution in [1.82, 2.24) is 9.97 Å². The standard InChI is InChI=1S/C9H15N5O3/c1-3(15)6(16)4-2-11-7-5(12-4)8(17)14-9(10)13-7/h3-4,6,12,15-16H,2H2,1H3,(H4,10,11,13,14,17)/t3?,4-,6+/m1/s1. The van der Waals surface area contributed by atoms with Crippen molar-refractivity contribution in [2.24, 2.45) is 0 Å². The largest absolute Gasteiger partial charge is 0.391 e. The van der Waals surface area contributed by atoms with Gasteiger partial charge in [-0.3, -0.25) is 9.78 Å². The van der Waals surface area contributed by atoms with E-state index in [1.54, 1.807) is 0 Å². The average molecular weight is 241 g/mol. The molecule has 7 N–H and O–H groups in total. The van der Waals surface area contributed by atoms with Crippen LogP contribution in [0.3, 0.4) is 0 Å². The van der Waals surface area contributed by atoms with Gasteiger partial charge in [0, 0.05) is 6.54 Å². The predicted molar refractivity (Wildman–Crippen MR) is 62.9 cm³/mol. The maximum absolute atomic E-state index is 11.6. The molecule has 0 amide bonds. The number of hydrogen-bond acceptors (Lipinski definition) is 7. The maximum Gasteiger partial charge on any atom is 0.277 e. The van der Waals surface area contributed by atoms with Crippen LogP contribution in [0.25, 0.3) is 0 Å². The zero-order chi connectivity index (χ0) is 12.6. The summed E-state index contributed by atoms with van der Waals surface area (Å²) in [6.07, 6.45) is -1.87. The molecule has 17 heavy (non-hydrogen) atoms. The maximum atomic E-state index is 11.6. The molecule has 0 aliphatic carbocycles. The van der Waals surface area contributed by atoms with E-state index in [1.165, 1.54) is 6.92 Å². The minimum Gasteiger partial charge on any atom is -0.391 e. The number of hydrogen-bond donors (Lipinski definition) is 6.